The molecule has 0 saturated carbocycles. The van der Waals surface area contributed by atoms with Crippen molar-refractivity contribution in [3.63, 3.8) is 0 Å². The molecule has 0 heterocycles. The van der Waals surface area contributed by atoms with Gasteiger partial charge >= 0.3 is 35.5 Å². The molecule has 4 nitrogen and oxygen atoms in total. The van der Waals surface area contributed by atoms with E-state index in [9.17, 15) is 14.7 Å². The molecule has 0 radical (unpaired) electrons. The molecule has 1 rings (SSSR count). The summed E-state index contributed by atoms with van der Waals surface area (Å²) in [7, 11) is 0. The van der Waals surface area contributed by atoms with Gasteiger partial charge in [-0.05, 0) is 43.5 Å². The first kappa shape index (κ1) is 28.2. The summed E-state index contributed by atoms with van der Waals surface area (Å²) >= 11 is 0. The molecule has 29 heavy (non-hydrogen) atoms. The van der Waals surface area contributed by atoms with Gasteiger partial charge in [-0.3, -0.25) is 4.79 Å². The van der Waals surface area contributed by atoms with Crippen molar-refractivity contribution in [2.45, 2.75) is 103 Å². The molecular formula is C24H39NaO4. The zero-order valence-corrected chi connectivity index (χ0v) is 17.8. The number of ether oxygens (including phenoxy) is 1. The molecular weight excluding hydrogens is 375 g/mol. The van der Waals surface area contributed by atoms with Crippen LogP contribution in [0.2, 0.25) is 0 Å². The Bertz CT molecular complexity index is 557. The second-order valence-electron chi connectivity index (χ2n) is 7.61. The second-order valence-corrected chi connectivity index (χ2v) is 7.61. The van der Waals surface area contributed by atoms with Gasteiger partial charge in [0.15, 0.2) is 11.9 Å². The van der Waals surface area contributed by atoms with Crippen LogP contribution in [0.25, 0.3) is 0 Å². The molecule has 0 spiro atoms. The molecule has 1 atom stereocenters. The van der Waals surface area contributed by atoms with Crippen molar-refractivity contribution in [1.82, 2.24) is 0 Å². The first-order valence-electron chi connectivity index (χ1n) is 11.1. The minimum atomic E-state index is -0.930. The molecule has 0 fully saturated rings. The van der Waals surface area contributed by atoms with Crippen LogP contribution < -0.4 is 4.74 Å². The fourth-order valence-electron chi connectivity index (χ4n) is 3.26. The summed E-state index contributed by atoms with van der Waals surface area (Å²) in [5.41, 5.74) is 0.672. The average molecular weight is 415 g/mol. The zero-order chi connectivity index (χ0) is 20.6. The van der Waals surface area contributed by atoms with Crippen LogP contribution in [0.1, 0.15) is 108 Å². The van der Waals surface area contributed by atoms with Crippen LogP contribution in [0.3, 0.4) is 0 Å². The molecule has 0 aliphatic carbocycles. The molecule has 0 bridgehead atoms. The van der Waals surface area contributed by atoms with Gasteiger partial charge in [0.05, 0.1) is 0 Å². The van der Waals surface area contributed by atoms with Gasteiger partial charge in [0.25, 0.3) is 0 Å². The van der Waals surface area contributed by atoms with Gasteiger partial charge in [-0.15, -0.1) is 0 Å². The van der Waals surface area contributed by atoms with Gasteiger partial charge in [0.1, 0.15) is 5.75 Å². The van der Waals surface area contributed by atoms with Crippen molar-refractivity contribution in [3.05, 3.63) is 29.8 Å². The number of ketones is 1. The Hall–Kier alpha value is -0.840. The molecule has 0 aliphatic rings. The van der Waals surface area contributed by atoms with Crippen LogP contribution in [0, 0.1) is 0 Å². The summed E-state index contributed by atoms with van der Waals surface area (Å²) in [6.45, 7) is 4.36. The van der Waals surface area contributed by atoms with Crippen molar-refractivity contribution in [1.29, 1.82) is 0 Å². The Balaban J connectivity index is 0.00000784. The van der Waals surface area contributed by atoms with Gasteiger partial charge in [-0.1, -0.05) is 71.6 Å². The Kier molecular flexibility index (Phi) is 17.5. The van der Waals surface area contributed by atoms with Crippen LogP contribution in [0.4, 0.5) is 0 Å². The van der Waals surface area contributed by atoms with Gasteiger partial charge in [0, 0.05) is 12.0 Å². The quantitative estimate of drug-likeness (QED) is 0.188. The summed E-state index contributed by atoms with van der Waals surface area (Å²) in [5, 5.41) is 9.40. The molecule has 0 amide bonds. The van der Waals surface area contributed by atoms with Gasteiger partial charge in [-0.2, -0.15) is 0 Å². The van der Waals surface area contributed by atoms with Gasteiger partial charge in [-0.25, -0.2) is 4.79 Å². The van der Waals surface area contributed by atoms with E-state index in [1.54, 1.807) is 24.3 Å². The Morgan fingerprint density at radius 3 is 1.90 bits per heavy atom. The molecule has 0 aromatic heterocycles. The van der Waals surface area contributed by atoms with Crippen molar-refractivity contribution in [3.8, 4) is 5.75 Å². The Morgan fingerprint density at radius 2 is 1.34 bits per heavy atom. The standard InChI is InChI=1S/C24H38O4.Na.H/c1-3-5-7-9-11-13-15-23(24(26)27)28-21-18-16-20(17-19-21)22(25)14-12-10-8-6-4-2;;/h16-19,23H,3-15H2,1-2H3,(H,26,27);;. The number of unbranched alkanes of at least 4 members (excludes halogenated alkanes) is 9. The van der Waals surface area contributed by atoms with Crippen molar-refractivity contribution in [2.24, 2.45) is 0 Å². The predicted octanol–water partition coefficient (Wildman–Crippen LogP) is 6.16. The zero-order valence-electron chi connectivity index (χ0n) is 17.8. The fraction of sp³-hybridized carbons (Fsp3) is 0.667. The molecule has 160 valence electrons. The molecule has 1 aromatic rings. The summed E-state index contributed by atoms with van der Waals surface area (Å²) < 4.78 is 5.65. The SMILES string of the molecule is CCCCCCCCC(Oc1ccc(C(=O)CCCCCCC)cc1)C(=O)O.[NaH]. The summed E-state index contributed by atoms with van der Waals surface area (Å²) in [4.78, 5) is 23.7. The van der Waals surface area contributed by atoms with Gasteiger partial charge in [0.2, 0.25) is 0 Å². The summed E-state index contributed by atoms with van der Waals surface area (Å²) in [6.07, 6.45) is 12.6. The average Bonchev–Trinajstić information content (AvgIpc) is 2.69. The van der Waals surface area contributed by atoms with E-state index >= 15 is 0 Å². The molecule has 0 saturated heterocycles. The van der Waals surface area contributed by atoms with Crippen molar-refractivity contribution in [2.75, 3.05) is 0 Å². The van der Waals surface area contributed by atoms with E-state index in [1.165, 1.54) is 38.5 Å². The number of carboxylic acids is 1. The number of rotatable bonds is 17. The van der Waals surface area contributed by atoms with Crippen LogP contribution in [-0.4, -0.2) is 52.5 Å². The van der Waals surface area contributed by atoms with E-state index in [2.05, 4.69) is 13.8 Å². The first-order chi connectivity index (χ1) is 13.6. The summed E-state index contributed by atoms with van der Waals surface area (Å²) in [5.74, 6) is -0.274. The second kappa shape index (κ2) is 18.0. The van der Waals surface area contributed by atoms with Crippen LogP contribution in [0.15, 0.2) is 24.3 Å². The third-order valence-electron chi connectivity index (χ3n) is 5.06. The van der Waals surface area contributed by atoms with E-state index in [0.717, 1.165) is 32.1 Å². The maximum atomic E-state index is 12.2. The van der Waals surface area contributed by atoms with E-state index in [-0.39, 0.29) is 35.3 Å². The predicted molar refractivity (Wildman–Crippen MR) is 121 cm³/mol. The normalized spacial score (nSPS) is 11.5. The van der Waals surface area contributed by atoms with E-state index in [4.69, 9.17) is 4.74 Å². The topological polar surface area (TPSA) is 63.6 Å². The number of carboxylic acid groups (broad SMARTS) is 1. The third kappa shape index (κ3) is 13.1. The van der Waals surface area contributed by atoms with Crippen LogP contribution >= 0.6 is 0 Å². The number of hydrogen-bond donors (Lipinski definition) is 1. The number of carbonyl (C=O) groups excluding carboxylic acids is 1. The van der Waals surface area contributed by atoms with Crippen molar-refractivity contribution >= 4 is 41.3 Å². The molecule has 5 heteroatoms. The van der Waals surface area contributed by atoms with E-state index in [1.807, 2.05) is 0 Å². The third-order valence-corrected chi connectivity index (χ3v) is 5.06. The van der Waals surface area contributed by atoms with Gasteiger partial charge < -0.3 is 9.84 Å². The number of Topliss-reactive ketones (excluding diaryl/α,β-unsaturated/α-hetero) is 1. The molecule has 1 aromatic carbocycles. The van der Waals surface area contributed by atoms with E-state index in [0.29, 0.717) is 24.2 Å². The number of carbonyl (C=O) groups is 2. The molecule has 0 aliphatic heterocycles. The number of aliphatic carboxylic acids is 1. The number of hydrogen-bond acceptors (Lipinski definition) is 3. The molecule has 1 N–H and O–H groups in total. The number of benzene rings is 1. The minimum absolute atomic E-state index is 0. The first-order valence-corrected chi connectivity index (χ1v) is 11.1. The Morgan fingerprint density at radius 1 is 0.828 bits per heavy atom. The van der Waals surface area contributed by atoms with Crippen molar-refractivity contribution < 1.29 is 19.4 Å². The summed E-state index contributed by atoms with van der Waals surface area (Å²) in [6, 6.07) is 6.91. The fourth-order valence-corrected chi connectivity index (χ4v) is 3.26. The molecule has 1 unspecified atom stereocenters. The van der Waals surface area contributed by atoms with E-state index < -0.39 is 12.1 Å². The van der Waals surface area contributed by atoms with Crippen LogP contribution in [-0.2, 0) is 4.79 Å². The maximum absolute atomic E-state index is 12.2. The monoisotopic (exact) mass is 414 g/mol. The Labute approximate surface area is 199 Å². The van der Waals surface area contributed by atoms with Crippen LogP contribution in [0.5, 0.6) is 5.75 Å².